The van der Waals surface area contributed by atoms with Gasteiger partial charge in [0.25, 0.3) is 0 Å². The van der Waals surface area contributed by atoms with E-state index in [2.05, 4.69) is 209 Å². The fourth-order valence-electron chi connectivity index (χ4n) is 10.6. The highest BCUT2D eigenvalue weighted by molar-refractivity contribution is 7.27. The topological polar surface area (TPSA) is 3.24 Å². The van der Waals surface area contributed by atoms with Crippen LogP contribution in [0.5, 0.6) is 0 Å². The number of thiophene rings is 1. The van der Waals surface area contributed by atoms with Crippen molar-refractivity contribution in [1.29, 1.82) is 0 Å². The number of fused-ring (bicyclic) bond motifs is 14. The molecule has 0 bridgehead atoms. The normalized spacial score (nSPS) is 14.5. The van der Waals surface area contributed by atoms with Crippen molar-refractivity contribution in [3.05, 3.63) is 198 Å². The lowest BCUT2D eigenvalue weighted by molar-refractivity contribution is 0.660. The Kier molecular flexibility index (Phi) is 6.97. The van der Waals surface area contributed by atoms with Crippen LogP contribution in [0.15, 0.2) is 176 Å². The van der Waals surface area contributed by atoms with E-state index in [1.54, 1.807) is 0 Å². The summed E-state index contributed by atoms with van der Waals surface area (Å²) in [5.41, 5.74) is 16.6. The maximum atomic E-state index is 2.53. The van der Waals surface area contributed by atoms with E-state index in [-0.39, 0.29) is 10.8 Å². The molecule has 0 fully saturated rings. The number of anilines is 3. The molecule has 0 atom stereocenters. The molecule has 1 heterocycles. The molecule has 58 heavy (non-hydrogen) atoms. The molecular weight excluding hydrogens is 719 g/mol. The third-order valence-electron chi connectivity index (χ3n) is 13.4. The van der Waals surface area contributed by atoms with Gasteiger partial charge in [-0.25, -0.2) is 0 Å². The SMILES string of the molecule is CC1(C)c2ccccc2-c2ccc(N(c3ccc4c(c3)C(C)(C)c3ccccc3-4)c3cc(-c4ccccc4)c4c(c3)sc3c5ccccc5c5ccccc5c34)cc21. The molecule has 2 aliphatic carbocycles. The monoisotopic (exact) mass is 759 g/mol. The Hall–Kier alpha value is -6.48. The Morgan fingerprint density at radius 2 is 0.845 bits per heavy atom. The van der Waals surface area contributed by atoms with E-state index < -0.39 is 0 Å². The Balaban J connectivity index is 1.17. The van der Waals surface area contributed by atoms with Gasteiger partial charge < -0.3 is 4.90 Å². The van der Waals surface area contributed by atoms with Crippen molar-refractivity contribution >= 4 is 70.1 Å². The largest absolute Gasteiger partial charge is 0.310 e. The van der Waals surface area contributed by atoms with E-state index in [1.165, 1.54) is 109 Å². The molecule has 1 aromatic heterocycles. The summed E-state index contributed by atoms with van der Waals surface area (Å²) in [5.74, 6) is 0. The van der Waals surface area contributed by atoms with Gasteiger partial charge in [-0.15, -0.1) is 11.3 Å². The molecule has 2 heteroatoms. The van der Waals surface area contributed by atoms with Crippen molar-refractivity contribution in [1.82, 2.24) is 0 Å². The maximum absolute atomic E-state index is 2.53. The summed E-state index contributed by atoms with van der Waals surface area (Å²) < 4.78 is 2.64. The van der Waals surface area contributed by atoms with Crippen LogP contribution in [0.2, 0.25) is 0 Å². The molecule has 0 saturated heterocycles. The molecule has 0 unspecified atom stereocenters. The van der Waals surface area contributed by atoms with E-state index in [4.69, 9.17) is 0 Å². The molecule has 276 valence electrons. The van der Waals surface area contributed by atoms with Crippen LogP contribution in [-0.2, 0) is 10.8 Å². The average molecular weight is 760 g/mol. The Bertz CT molecular complexity index is 3240. The van der Waals surface area contributed by atoms with E-state index in [0.29, 0.717) is 0 Å². The average Bonchev–Trinajstić information content (AvgIpc) is 3.84. The van der Waals surface area contributed by atoms with Gasteiger partial charge >= 0.3 is 0 Å². The highest BCUT2D eigenvalue weighted by Gasteiger charge is 2.38. The number of benzene rings is 9. The van der Waals surface area contributed by atoms with Crippen LogP contribution in [0.4, 0.5) is 17.1 Å². The maximum Gasteiger partial charge on any atom is 0.0482 e. The summed E-state index contributed by atoms with van der Waals surface area (Å²) in [5, 5.41) is 7.91. The van der Waals surface area contributed by atoms with Gasteiger partial charge in [0.05, 0.1) is 0 Å². The van der Waals surface area contributed by atoms with Gasteiger partial charge in [0.2, 0.25) is 0 Å². The van der Waals surface area contributed by atoms with Crippen LogP contribution in [0.3, 0.4) is 0 Å². The first-order chi connectivity index (χ1) is 28.3. The molecule has 0 radical (unpaired) electrons. The summed E-state index contributed by atoms with van der Waals surface area (Å²) in [6, 6.07) is 66.2. The summed E-state index contributed by atoms with van der Waals surface area (Å²) in [6.07, 6.45) is 0. The number of nitrogens with zero attached hydrogens (tertiary/aromatic N) is 1. The van der Waals surface area contributed by atoms with Crippen LogP contribution < -0.4 is 4.90 Å². The molecule has 10 aromatic rings. The van der Waals surface area contributed by atoms with Gasteiger partial charge in [-0.3, -0.25) is 0 Å². The first-order valence-electron chi connectivity index (χ1n) is 20.4. The molecule has 0 saturated carbocycles. The van der Waals surface area contributed by atoms with Crippen LogP contribution >= 0.6 is 11.3 Å². The van der Waals surface area contributed by atoms with E-state index >= 15 is 0 Å². The summed E-state index contributed by atoms with van der Waals surface area (Å²) in [4.78, 5) is 2.53. The standard InChI is InChI=1S/C56H41NS/c1-55(2)47-24-14-12-20-40(47)42-28-26-35(31-49(42)55)57(36-27-29-43-41-21-13-15-25-48(41)56(3,4)50(43)32-36)37-30-46(34-16-6-5-7-17-34)52-51(33-37)58-54-45-23-11-9-19-39(45)38-18-8-10-22-44(38)53(52)54/h5-33H,1-4H3. The Labute approximate surface area is 343 Å². The summed E-state index contributed by atoms with van der Waals surface area (Å²) in [7, 11) is 0. The van der Waals surface area contributed by atoms with E-state index in [1.807, 2.05) is 11.3 Å². The number of rotatable bonds is 4. The smallest absolute Gasteiger partial charge is 0.0482 e. The summed E-state index contributed by atoms with van der Waals surface area (Å²) in [6.45, 7) is 9.53. The summed E-state index contributed by atoms with van der Waals surface area (Å²) >= 11 is 1.93. The van der Waals surface area contributed by atoms with Gasteiger partial charge in [-0.1, -0.05) is 167 Å². The zero-order valence-electron chi connectivity index (χ0n) is 33.1. The molecule has 9 aromatic carbocycles. The zero-order valence-corrected chi connectivity index (χ0v) is 33.9. The molecule has 0 aliphatic heterocycles. The van der Waals surface area contributed by atoms with Gasteiger partial charge in [0.1, 0.15) is 0 Å². The van der Waals surface area contributed by atoms with E-state index in [0.717, 1.165) is 5.69 Å². The number of hydrogen-bond donors (Lipinski definition) is 0. The molecule has 0 amide bonds. The van der Waals surface area contributed by atoms with Crippen LogP contribution in [0.25, 0.3) is 75.1 Å². The third-order valence-corrected chi connectivity index (χ3v) is 14.6. The second-order valence-corrected chi connectivity index (χ2v) is 18.3. The van der Waals surface area contributed by atoms with Gasteiger partial charge in [-0.2, -0.15) is 0 Å². The minimum absolute atomic E-state index is 0.123. The Morgan fingerprint density at radius 1 is 0.362 bits per heavy atom. The second-order valence-electron chi connectivity index (χ2n) is 17.3. The van der Waals surface area contributed by atoms with Crippen molar-refractivity contribution in [2.75, 3.05) is 4.90 Å². The van der Waals surface area contributed by atoms with Crippen molar-refractivity contribution in [3.63, 3.8) is 0 Å². The van der Waals surface area contributed by atoms with E-state index in [9.17, 15) is 0 Å². The Morgan fingerprint density at radius 3 is 1.45 bits per heavy atom. The lowest BCUT2D eigenvalue weighted by Gasteiger charge is -2.30. The molecule has 0 N–H and O–H groups in total. The molecular formula is C56H41NS. The molecule has 2 aliphatic rings. The zero-order chi connectivity index (χ0) is 38.9. The first kappa shape index (κ1) is 33.6. The lowest BCUT2D eigenvalue weighted by Crippen LogP contribution is -2.18. The van der Waals surface area contributed by atoms with Crippen LogP contribution in [0, 0.1) is 0 Å². The predicted octanol–water partition coefficient (Wildman–Crippen LogP) is 16.1. The highest BCUT2D eigenvalue weighted by Crippen LogP contribution is 2.55. The van der Waals surface area contributed by atoms with Gasteiger partial charge in [0, 0.05) is 53.5 Å². The van der Waals surface area contributed by atoms with Crippen LogP contribution in [0.1, 0.15) is 49.9 Å². The lowest BCUT2D eigenvalue weighted by atomic mass is 9.82. The number of hydrogen-bond acceptors (Lipinski definition) is 2. The fraction of sp³-hybridized carbons (Fsp3) is 0.107. The molecule has 12 rings (SSSR count). The van der Waals surface area contributed by atoms with Gasteiger partial charge in [-0.05, 0) is 108 Å². The minimum atomic E-state index is -0.123. The minimum Gasteiger partial charge on any atom is -0.310 e. The quantitative estimate of drug-likeness (QED) is 0.162. The molecule has 0 spiro atoms. The van der Waals surface area contributed by atoms with Crippen molar-refractivity contribution in [2.45, 2.75) is 38.5 Å². The van der Waals surface area contributed by atoms with Crippen molar-refractivity contribution in [3.8, 4) is 33.4 Å². The van der Waals surface area contributed by atoms with Crippen LogP contribution in [-0.4, -0.2) is 0 Å². The highest BCUT2D eigenvalue weighted by atomic mass is 32.1. The fourth-order valence-corrected chi connectivity index (χ4v) is 11.9. The predicted molar refractivity (Wildman–Crippen MR) is 250 cm³/mol. The van der Waals surface area contributed by atoms with Crippen molar-refractivity contribution in [2.24, 2.45) is 0 Å². The first-order valence-corrected chi connectivity index (χ1v) is 21.2. The van der Waals surface area contributed by atoms with Gasteiger partial charge in [0.15, 0.2) is 0 Å². The third kappa shape index (κ3) is 4.58. The van der Waals surface area contributed by atoms with Crippen molar-refractivity contribution < 1.29 is 0 Å². The second kappa shape index (κ2) is 12.0. The molecule has 1 nitrogen and oxygen atoms in total.